The minimum absolute atomic E-state index is 0.690. The standard InChI is InChI=1S/C12H23N3/c1-10(2)11(7-13-3)9-15(4)12-5-6-14-8-12/h5-6,8,10-11,13-14H,7,9H2,1-4H3. The lowest BCUT2D eigenvalue weighted by Crippen LogP contribution is -2.34. The molecule has 0 aromatic carbocycles. The molecule has 0 aliphatic carbocycles. The lowest BCUT2D eigenvalue weighted by atomic mass is 9.95. The molecule has 0 saturated carbocycles. The van der Waals surface area contributed by atoms with E-state index in [0.29, 0.717) is 11.8 Å². The molecule has 0 aliphatic heterocycles. The highest BCUT2D eigenvalue weighted by atomic mass is 15.1. The van der Waals surface area contributed by atoms with Crippen molar-refractivity contribution in [3.05, 3.63) is 18.5 Å². The molecule has 0 fully saturated rings. The Morgan fingerprint density at radius 1 is 1.47 bits per heavy atom. The van der Waals surface area contributed by atoms with Crippen molar-refractivity contribution in [3.8, 4) is 0 Å². The summed E-state index contributed by atoms with van der Waals surface area (Å²) in [6.07, 6.45) is 4.01. The van der Waals surface area contributed by atoms with Gasteiger partial charge in [-0.1, -0.05) is 13.8 Å². The number of aromatic nitrogens is 1. The molecule has 0 bridgehead atoms. The molecule has 1 aromatic heterocycles. The van der Waals surface area contributed by atoms with E-state index in [4.69, 9.17) is 0 Å². The smallest absolute Gasteiger partial charge is 0.0541 e. The maximum atomic E-state index is 3.27. The van der Waals surface area contributed by atoms with Crippen molar-refractivity contribution in [1.82, 2.24) is 10.3 Å². The van der Waals surface area contributed by atoms with Gasteiger partial charge in [-0.15, -0.1) is 0 Å². The summed E-state index contributed by atoms with van der Waals surface area (Å²) in [6.45, 7) is 6.74. The van der Waals surface area contributed by atoms with Gasteiger partial charge in [-0.25, -0.2) is 0 Å². The molecule has 0 radical (unpaired) electrons. The number of rotatable bonds is 6. The molecule has 3 nitrogen and oxygen atoms in total. The van der Waals surface area contributed by atoms with E-state index in [1.54, 1.807) is 0 Å². The average Bonchev–Trinajstić information content (AvgIpc) is 2.69. The maximum Gasteiger partial charge on any atom is 0.0541 e. The van der Waals surface area contributed by atoms with E-state index in [0.717, 1.165) is 13.1 Å². The van der Waals surface area contributed by atoms with Crippen LogP contribution in [-0.2, 0) is 0 Å². The van der Waals surface area contributed by atoms with Crippen LogP contribution in [0.4, 0.5) is 5.69 Å². The molecule has 2 N–H and O–H groups in total. The molecular formula is C12H23N3. The monoisotopic (exact) mass is 209 g/mol. The zero-order valence-electron chi connectivity index (χ0n) is 10.2. The van der Waals surface area contributed by atoms with Gasteiger partial charge in [0.1, 0.15) is 0 Å². The van der Waals surface area contributed by atoms with E-state index in [1.165, 1.54) is 5.69 Å². The largest absolute Gasteiger partial charge is 0.373 e. The van der Waals surface area contributed by atoms with E-state index in [1.807, 2.05) is 19.4 Å². The zero-order chi connectivity index (χ0) is 11.3. The molecule has 15 heavy (non-hydrogen) atoms. The molecule has 1 heterocycles. The van der Waals surface area contributed by atoms with Crippen LogP contribution in [0.1, 0.15) is 13.8 Å². The van der Waals surface area contributed by atoms with Crippen LogP contribution >= 0.6 is 0 Å². The van der Waals surface area contributed by atoms with Gasteiger partial charge in [0, 0.05) is 26.0 Å². The van der Waals surface area contributed by atoms with E-state index >= 15 is 0 Å². The summed E-state index contributed by atoms with van der Waals surface area (Å²) in [7, 11) is 4.17. The van der Waals surface area contributed by atoms with E-state index < -0.39 is 0 Å². The highest BCUT2D eigenvalue weighted by molar-refractivity contribution is 5.43. The van der Waals surface area contributed by atoms with E-state index in [-0.39, 0.29) is 0 Å². The maximum absolute atomic E-state index is 3.27. The van der Waals surface area contributed by atoms with Gasteiger partial charge in [-0.2, -0.15) is 0 Å². The molecule has 0 amide bonds. The van der Waals surface area contributed by atoms with Crippen molar-refractivity contribution in [2.75, 3.05) is 32.1 Å². The van der Waals surface area contributed by atoms with Crippen molar-refractivity contribution in [2.24, 2.45) is 11.8 Å². The van der Waals surface area contributed by atoms with Gasteiger partial charge in [-0.3, -0.25) is 0 Å². The number of hydrogen-bond donors (Lipinski definition) is 2. The molecule has 86 valence electrons. The van der Waals surface area contributed by atoms with Crippen LogP contribution in [-0.4, -0.2) is 32.2 Å². The van der Waals surface area contributed by atoms with Gasteiger partial charge in [0.15, 0.2) is 0 Å². The highest BCUT2D eigenvalue weighted by Crippen LogP contribution is 2.16. The Labute approximate surface area is 92.9 Å². The number of nitrogens with zero attached hydrogens (tertiary/aromatic N) is 1. The first kappa shape index (κ1) is 12.1. The number of aromatic amines is 1. The third-order valence-corrected chi connectivity index (χ3v) is 2.94. The Hall–Kier alpha value is -0.960. The topological polar surface area (TPSA) is 31.1 Å². The fourth-order valence-electron chi connectivity index (χ4n) is 1.78. The molecule has 3 heteroatoms. The van der Waals surface area contributed by atoms with E-state index in [9.17, 15) is 0 Å². The molecule has 1 unspecified atom stereocenters. The quantitative estimate of drug-likeness (QED) is 0.750. The fraction of sp³-hybridized carbons (Fsp3) is 0.667. The van der Waals surface area contributed by atoms with Crippen LogP contribution in [0.15, 0.2) is 18.5 Å². The van der Waals surface area contributed by atoms with Crippen molar-refractivity contribution < 1.29 is 0 Å². The number of H-pyrrole nitrogens is 1. The van der Waals surface area contributed by atoms with Gasteiger partial charge in [0.2, 0.25) is 0 Å². The summed E-state index contributed by atoms with van der Waals surface area (Å²) in [4.78, 5) is 5.39. The Balaban J connectivity index is 2.50. The molecule has 1 aromatic rings. The minimum Gasteiger partial charge on any atom is -0.373 e. The first-order chi connectivity index (χ1) is 7.15. The van der Waals surface area contributed by atoms with Crippen LogP contribution in [0.2, 0.25) is 0 Å². The molecule has 0 spiro atoms. The van der Waals surface area contributed by atoms with Crippen molar-refractivity contribution >= 4 is 5.69 Å². The third kappa shape index (κ3) is 3.59. The predicted molar refractivity (Wildman–Crippen MR) is 66.3 cm³/mol. The summed E-state index contributed by atoms with van der Waals surface area (Å²) >= 11 is 0. The number of hydrogen-bond acceptors (Lipinski definition) is 2. The SMILES string of the molecule is CNCC(CN(C)c1cc[nH]c1)C(C)C. The number of anilines is 1. The fourth-order valence-corrected chi connectivity index (χ4v) is 1.78. The first-order valence-corrected chi connectivity index (χ1v) is 5.63. The van der Waals surface area contributed by atoms with Crippen molar-refractivity contribution in [1.29, 1.82) is 0 Å². The summed E-state index contributed by atoms with van der Waals surface area (Å²) in [5.41, 5.74) is 1.26. The summed E-state index contributed by atoms with van der Waals surface area (Å²) in [6, 6.07) is 2.11. The average molecular weight is 209 g/mol. The van der Waals surface area contributed by atoms with Gasteiger partial charge in [0.05, 0.1) is 5.69 Å². The lowest BCUT2D eigenvalue weighted by Gasteiger charge is -2.27. The van der Waals surface area contributed by atoms with Crippen LogP contribution in [0.3, 0.4) is 0 Å². The molecule has 0 aliphatic rings. The zero-order valence-corrected chi connectivity index (χ0v) is 10.2. The summed E-state index contributed by atoms with van der Waals surface area (Å²) in [5.74, 6) is 1.40. The number of nitrogens with one attached hydrogen (secondary N) is 2. The molecule has 0 saturated heterocycles. The van der Waals surface area contributed by atoms with Crippen LogP contribution in [0, 0.1) is 11.8 Å². The molecule has 1 rings (SSSR count). The van der Waals surface area contributed by atoms with Gasteiger partial charge >= 0.3 is 0 Å². The van der Waals surface area contributed by atoms with Crippen LogP contribution in [0.25, 0.3) is 0 Å². The minimum atomic E-state index is 0.690. The predicted octanol–water partition coefficient (Wildman–Crippen LogP) is 1.94. The Morgan fingerprint density at radius 3 is 2.67 bits per heavy atom. The normalized spacial score (nSPS) is 13.1. The Morgan fingerprint density at radius 2 is 2.20 bits per heavy atom. The Bertz CT molecular complexity index is 254. The second-order valence-electron chi connectivity index (χ2n) is 4.51. The van der Waals surface area contributed by atoms with E-state index in [2.05, 4.69) is 42.2 Å². The van der Waals surface area contributed by atoms with Crippen LogP contribution < -0.4 is 10.2 Å². The molecular weight excluding hydrogens is 186 g/mol. The van der Waals surface area contributed by atoms with Crippen molar-refractivity contribution in [2.45, 2.75) is 13.8 Å². The lowest BCUT2D eigenvalue weighted by molar-refractivity contribution is 0.376. The first-order valence-electron chi connectivity index (χ1n) is 5.63. The van der Waals surface area contributed by atoms with Gasteiger partial charge in [0.25, 0.3) is 0 Å². The summed E-state index contributed by atoms with van der Waals surface area (Å²) < 4.78 is 0. The van der Waals surface area contributed by atoms with Gasteiger partial charge < -0.3 is 15.2 Å². The second kappa shape index (κ2) is 5.81. The highest BCUT2D eigenvalue weighted by Gasteiger charge is 2.15. The van der Waals surface area contributed by atoms with Gasteiger partial charge in [-0.05, 0) is 31.5 Å². The second-order valence-corrected chi connectivity index (χ2v) is 4.51. The van der Waals surface area contributed by atoms with Crippen molar-refractivity contribution in [3.63, 3.8) is 0 Å². The molecule has 1 atom stereocenters. The third-order valence-electron chi connectivity index (χ3n) is 2.94. The summed E-state index contributed by atoms with van der Waals surface area (Å²) in [5, 5.41) is 3.27. The van der Waals surface area contributed by atoms with Crippen LogP contribution in [0.5, 0.6) is 0 Å². The Kier molecular flexibility index (Phi) is 4.69.